The van der Waals surface area contributed by atoms with E-state index in [0.717, 1.165) is 16.7 Å². The fourth-order valence-electron chi connectivity index (χ4n) is 3.27. The molecule has 3 aromatic carbocycles. The van der Waals surface area contributed by atoms with Gasteiger partial charge in [-0.2, -0.15) is 0 Å². The summed E-state index contributed by atoms with van der Waals surface area (Å²) in [6, 6.07) is 25.4. The molecule has 148 valence electrons. The Kier molecular flexibility index (Phi) is 6.35. The van der Waals surface area contributed by atoms with Gasteiger partial charge in [0.05, 0.1) is 19.8 Å². The van der Waals surface area contributed by atoms with Gasteiger partial charge in [0, 0.05) is 6.08 Å². The Morgan fingerprint density at radius 1 is 0.828 bits per heavy atom. The molecular formula is C25H25NO3. The van der Waals surface area contributed by atoms with Crippen LogP contribution in [0.15, 0.2) is 84.9 Å². The third-order valence-electron chi connectivity index (χ3n) is 4.91. The minimum absolute atomic E-state index is 0.185. The van der Waals surface area contributed by atoms with Crippen molar-refractivity contribution in [1.29, 1.82) is 0 Å². The molecule has 0 bridgehead atoms. The van der Waals surface area contributed by atoms with Crippen molar-refractivity contribution in [3.05, 3.63) is 102 Å². The lowest BCUT2D eigenvalue weighted by atomic mass is 9.84. The van der Waals surface area contributed by atoms with Crippen LogP contribution in [0.3, 0.4) is 0 Å². The molecule has 0 radical (unpaired) electrons. The van der Waals surface area contributed by atoms with Gasteiger partial charge in [-0.1, -0.05) is 66.7 Å². The molecule has 0 fully saturated rings. The van der Waals surface area contributed by atoms with Crippen molar-refractivity contribution in [2.45, 2.75) is 12.5 Å². The van der Waals surface area contributed by atoms with Gasteiger partial charge >= 0.3 is 0 Å². The van der Waals surface area contributed by atoms with E-state index in [1.165, 1.54) is 6.08 Å². The molecule has 1 amide bonds. The second kappa shape index (κ2) is 9.11. The maximum Gasteiger partial charge on any atom is 0.244 e. The van der Waals surface area contributed by atoms with Gasteiger partial charge in [-0.3, -0.25) is 4.79 Å². The van der Waals surface area contributed by atoms with Crippen LogP contribution < -0.4 is 14.8 Å². The molecule has 3 aromatic rings. The third-order valence-corrected chi connectivity index (χ3v) is 4.91. The van der Waals surface area contributed by atoms with Crippen LogP contribution in [-0.4, -0.2) is 20.1 Å². The summed E-state index contributed by atoms with van der Waals surface area (Å²) in [7, 11) is 3.18. The van der Waals surface area contributed by atoms with E-state index >= 15 is 0 Å². The van der Waals surface area contributed by atoms with Crippen molar-refractivity contribution in [1.82, 2.24) is 5.32 Å². The van der Waals surface area contributed by atoms with Crippen LogP contribution in [0.1, 0.15) is 23.6 Å². The second-order valence-electron chi connectivity index (χ2n) is 6.79. The summed E-state index contributed by atoms with van der Waals surface area (Å²) in [6.07, 6.45) is 3.29. The van der Waals surface area contributed by atoms with E-state index in [1.807, 2.05) is 85.8 Å². The van der Waals surface area contributed by atoms with Crippen molar-refractivity contribution < 1.29 is 14.3 Å². The van der Waals surface area contributed by atoms with Crippen LogP contribution in [-0.2, 0) is 10.3 Å². The van der Waals surface area contributed by atoms with Crippen LogP contribution >= 0.6 is 0 Å². The number of nitrogens with one attached hydrogen (secondary N) is 1. The van der Waals surface area contributed by atoms with Gasteiger partial charge in [0.15, 0.2) is 11.5 Å². The summed E-state index contributed by atoms with van der Waals surface area (Å²) in [5.41, 5.74) is 2.22. The summed E-state index contributed by atoms with van der Waals surface area (Å²) in [5.74, 6) is 1.08. The van der Waals surface area contributed by atoms with Gasteiger partial charge in [-0.25, -0.2) is 0 Å². The fourth-order valence-corrected chi connectivity index (χ4v) is 3.27. The van der Waals surface area contributed by atoms with Gasteiger partial charge < -0.3 is 14.8 Å². The lowest BCUT2D eigenvalue weighted by Crippen LogP contribution is -2.43. The number of methoxy groups -OCH3 is 2. The highest BCUT2D eigenvalue weighted by atomic mass is 16.5. The molecule has 3 rings (SSSR count). The zero-order chi connectivity index (χ0) is 20.7. The molecular weight excluding hydrogens is 362 g/mol. The molecule has 0 aliphatic heterocycles. The Labute approximate surface area is 171 Å². The average Bonchev–Trinajstić information content (AvgIpc) is 2.78. The topological polar surface area (TPSA) is 47.6 Å². The van der Waals surface area contributed by atoms with Crippen LogP contribution in [0, 0.1) is 0 Å². The number of benzene rings is 3. The second-order valence-corrected chi connectivity index (χ2v) is 6.79. The van der Waals surface area contributed by atoms with Gasteiger partial charge in [0.25, 0.3) is 0 Å². The van der Waals surface area contributed by atoms with E-state index in [1.54, 1.807) is 20.3 Å². The normalized spacial score (nSPS) is 11.3. The highest BCUT2D eigenvalue weighted by Gasteiger charge is 2.29. The molecule has 29 heavy (non-hydrogen) atoms. The number of carbonyl (C=O) groups excluding carboxylic acids is 1. The number of ether oxygens (including phenoxy) is 2. The van der Waals surface area contributed by atoms with E-state index in [4.69, 9.17) is 9.47 Å². The van der Waals surface area contributed by atoms with Crippen molar-refractivity contribution in [2.24, 2.45) is 0 Å². The molecule has 1 N–H and O–H groups in total. The molecule has 4 heteroatoms. The van der Waals surface area contributed by atoms with Crippen LogP contribution in [0.25, 0.3) is 6.08 Å². The van der Waals surface area contributed by atoms with Crippen LogP contribution in [0.4, 0.5) is 0 Å². The van der Waals surface area contributed by atoms with E-state index in [-0.39, 0.29) is 5.91 Å². The van der Waals surface area contributed by atoms with Crippen molar-refractivity contribution in [3.8, 4) is 11.5 Å². The van der Waals surface area contributed by atoms with Gasteiger partial charge in [0.1, 0.15) is 0 Å². The lowest BCUT2D eigenvalue weighted by Gasteiger charge is -2.31. The Morgan fingerprint density at radius 2 is 1.38 bits per heavy atom. The van der Waals surface area contributed by atoms with E-state index < -0.39 is 5.54 Å². The first-order chi connectivity index (χ1) is 14.1. The smallest absolute Gasteiger partial charge is 0.244 e. The SMILES string of the molecule is COc1ccc(/C=C/C(=O)NC(C)(c2ccccc2)c2ccccc2)cc1OC. The number of rotatable bonds is 7. The monoisotopic (exact) mass is 387 g/mol. The predicted octanol–water partition coefficient (Wildman–Crippen LogP) is 4.80. The number of carbonyl (C=O) groups is 1. The highest BCUT2D eigenvalue weighted by Crippen LogP contribution is 2.30. The third kappa shape index (κ3) is 4.66. The van der Waals surface area contributed by atoms with Gasteiger partial charge in [-0.05, 0) is 41.8 Å². The van der Waals surface area contributed by atoms with Crippen molar-refractivity contribution >= 4 is 12.0 Å². The van der Waals surface area contributed by atoms with Gasteiger partial charge in [-0.15, -0.1) is 0 Å². The first kappa shape index (κ1) is 20.2. The molecule has 0 aromatic heterocycles. The number of hydrogen-bond donors (Lipinski definition) is 1. The largest absolute Gasteiger partial charge is 0.493 e. The van der Waals surface area contributed by atoms with Crippen molar-refractivity contribution in [3.63, 3.8) is 0 Å². The van der Waals surface area contributed by atoms with Gasteiger partial charge in [0.2, 0.25) is 5.91 Å². The highest BCUT2D eigenvalue weighted by molar-refractivity contribution is 5.92. The number of hydrogen-bond acceptors (Lipinski definition) is 3. The van der Waals surface area contributed by atoms with Crippen molar-refractivity contribution in [2.75, 3.05) is 14.2 Å². The Bertz CT molecular complexity index is 942. The van der Waals surface area contributed by atoms with Crippen LogP contribution in [0.2, 0.25) is 0 Å². The lowest BCUT2D eigenvalue weighted by molar-refractivity contribution is -0.117. The molecule has 0 heterocycles. The molecule has 4 nitrogen and oxygen atoms in total. The molecule has 0 saturated carbocycles. The first-order valence-electron chi connectivity index (χ1n) is 9.40. The molecule has 0 atom stereocenters. The summed E-state index contributed by atoms with van der Waals surface area (Å²) in [5, 5.41) is 3.17. The standard InChI is InChI=1S/C25H25NO3/c1-25(20-10-6-4-7-11-20,21-12-8-5-9-13-21)26-24(27)17-15-19-14-16-22(28-2)23(18-19)29-3/h4-18H,1-3H3,(H,26,27)/b17-15+. The quantitative estimate of drug-likeness (QED) is 0.593. The van der Waals surface area contributed by atoms with E-state index in [9.17, 15) is 4.79 Å². The Hall–Kier alpha value is -3.53. The average molecular weight is 387 g/mol. The summed E-state index contributed by atoms with van der Waals surface area (Å²) < 4.78 is 10.6. The minimum Gasteiger partial charge on any atom is -0.493 e. The molecule has 0 spiro atoms. The summed E-state index contributed by atoms with van der Waals surface area (Å²) in [4.78, 5) is 12.8. The first-order valence-corrected chi connectivity index (χ1v) is 9.40. The zero-order valence-corrected chi connectivity index (χ0v) is 16.9. The Balaban J connectivity index is 1.85. The molecule has 0 saturated heterocycles. The predicted molar refractivity (Wildman–Crippen MR) is 116 cm³/mol. The minimum atomic E-state index is -0.651. The Morgan fingerprint density at radius 3 is 1.90 bits per heavy atom. The maximum absolute atomic E-state index is 12.8. The zero-order valence-electron chi connectivity index (χ0n) is 16.9. The summed E-state index contributed by atoms with van der Waals surface area (Å²) in [6.45, 7) is 2.01. The number of amides is 1. The fraction of sp³-hybridized carbons (Fsp3) is 0.160. The molecule has 0 unspecified atom stereocenters. The summed E-state index contributed by atoms with van der Waals surface area (Å²) >= 11 is 0. The van der Waals surface area contributed by atoms with Crippen LogP contribution in [0.5, 0.6) is 11.5 Å². The van der Waals surface area contributed by atoms with E-state index in [2.05, 4.69) is 5.32 Å². The molecule has 0 aliphatic carbocycles. The maximum atomic E-state index is 12.8. The van der Waals surface area contributed by atoms with E-state index in [0.29, 0.717) is 11.5 Å². The molecule has 0 aliphatic rings.